The Hall–Kier alpha value is -1.88. The minimum absolute atomic E-state index is 0.0155. The summed E-state index contributed by atoms with van der Waals surface area (Å²) in [6, 6.07) is 9.00. The SMILES string of the molecule is C[C@@H]1C[C@H](C)[C@H]2CC(N3[C@@H]4CC(n5c(=O)[nH]c6ccccc6c5=O)C[C@H]3[C@H](C)C[C@@H]4C)C[C@@H]1C2. The molecule has 34 heavy (non-hydrogen) atoms. The van der Waals surface area contributed by atoms with E-state index in [0.29, 0.717) is 40.9 Å². The van der Waals surface area contributed by atoms with Gasteiger partial charge in [0.25, 0.3) is 5.56 Å². The summed E-state index contributed by atoms with van der Waals surface area (Å²) in [7, 11) is 0. The van der Waals surface area contributed by atoms with Gasteiger partial charge in [-0.25, -0.2) is 4.79 Å². The number of rotatable bonds is 2. The Balaban J connectivity index is 1.35. The number of fused-ring (bicyclic) bond motifs is 5. The highest BCUT2D eigenvalue weighted by molar-refractivity contribution is 5.76. The summed E-state index contributed by atoms with van der Waals surface area (Å²) in [5, 5.41) is 0.624. The predicted molar refractivity (Wildman–Crippen MR) is 137 cm³/mol. The van der Waals surface area contributed by atoms with Crippen molar-refractivity contribution in [2.24, 2.45) is 35.5 Å². The summed E-state index contributed by atoms with van der Waals surface area (Å²) in [5.74, 6) is 4.62. The van der Waals surface area contributed by atoms with E-state index < -0.39 is 0 Å². The van der Waals surface area contributed by atoms with Crippen LogP contribution in [-0.4, -0.2) is 32.6 Å². The van der Waals surface area contributed by atoms with Crippen LogP contribution in [0.4, 0.5) is 0 Å². The Morgan fingerprint density at radius 3 is 1.94 bits per heavy atom. The summed E-state index contributed by atoms with van der Waals surface area (Å²) >= 11 is 0. The molecule has 2 saturated carbocycles. The molecule has 2 aliphatic heterocycles. The van der Waals surface area contributed by atoms with Gasteiger partial charge in [-0.3, -0.25) is 14.3 Å². The van der Waals surface area contributed by atoms with Crippen LogP contribution in [0.2, 0.25) is 0 Å². The molecule has 6 rings (SSSR count). The maximum Gasteiger partial charge on any atom is 0.329 e. The zero-order valence-electron chi connectivity index (χ0n) is 21.2. The molecule has 0 spiro atoms. The lowest BCUT2D eigenvalue weighted by atomic mass is 9.60. The van der Waals surface area contributed by atoms with Crippen LogP contribution in [0.3, 0.4) is 0 Å². The first kappa shape index (κ1) is 22.6. The Bertz CT molecular complexity index is 1150. The maximum absolute atomic E-state index is 13.4. The van der Waals surface area contributed by atoms with Crippen LogP contribution in [-0.2, 0) is 0 Å². The van der Waals surface area contributed by atoms with E-state index in [9.17, 15) is 9.59 Å². The van der Waals surface area contributed by atoms with E-state index in [4.69, 9.17) is 0 Å². The van der Waals surface area contributed by atoms with Crippen LogP contribution in [0, 0.1) is 35.5 Å². The number of hydrogen-bond acceptors (Lipinski definition) is 3. The van der Waals surface area contributed by atoms with Crippen molar-refractivity contribution >= 4 is 10.9 Å². The monoisotopic (exact) mass is 463 g/mol. The van der Waals surface area contributed by atoms with E-state index in [1.807, 2.05) is 24.3 Å². The van der Waals surface area contributed by atoms with Gasteiger partial charge in [0.2, 0.25) is 0 Å². The summed E-state index contributed by atoms with van der Waals surface area (Å²) in [4.78, 5) is 32.5. The number of H-pyrrole nitrogens is 1. The molecule has 5 nitrogen and oxygen atoms in total. The quantitative estimate of drug-likeness (QED) is 0.666. The molecular formula is C29H41N3O2. The van der Waals surface area contributed by atoms with E-state index >= 15 is 0 Å². The van der Waals surface area contributed by atoms with Gasteiger partial charge >= 0.3 is 5.69 Å². The zero-order valence-corrected chi connectivity index (χ0v) is 21.2. The topological polar surface area (TPSA) is 58.1 Å². The van der Waals surface area contributed by atoms with Crippen molar-refractivity contribution in [1.29, 1.82) is 0 Å². The average Bonchev–Trinajstić information content (AvgIpc) is 2.81. The molecule has 5 heteroatoms. The summed E-state index contributed by atoms with van der Waals surface area (Å²) < 4.78 is 1.57. The predicted octanol–water partition coefficient (Wildman–Crippen LogP) is 5.20. The third kappa shape index (κ3) is 3.53. The molecule has 1 N–H and O–H groups in total. The number of aromatic amines is 1. The Morgan fingerprint density at radius 2 is 1.29 bits per heavy atom. The summed E-state index contributed by atoms with van der Waals surface area (Å²) in [5.41, 5.74) is 0.284. The van der Waals surface area contributed by atoms with Gasteiger partial charge in [0.15, 0.2) is 0 Å². The smallest absolute Gasteiger partial charge is 0.307 e. The van der Waals surface area contributed by atoms with Crippen molar-refractivity contribution in [1.82, 2.24) is 14.5 Å². The highest BCUT2D eigenvalue weighted by Gasteiger charge is 2.51. The summed E-state index contributed by atoms with van der Waals surface area (Å²) in [6.07, 6.45) is 8.62. The fourth-order valence-electron chi connectivity index (χ4n) is 8.88. The van der Waals surface area contributed by atoms with Gasteiger partial charge in [-0.05, 0) is 92.6 Å². The molecule has 184 valence electrons. The van der Waals surface area contributed by atoms with Crippen molar-refractivity contribution in [2.75, 3.05) is 0 Å². The molecule has 1 aromatic heterocycles. The van der Waals surface area contributed by atoms with Crippen LogP contribution in [0.25, 0.3) is 10.9 Å². The highest BCUT2D eigenvalue weighted by Crippen LogP contribution is 2.52. The number of hydrogen-bond donors (Lipinski definition) is 1. The first-order chi connectivity index (χ1) is 16.3. The lowest BCUT2D eigenvalue weighted by Gasteiger charge is -2.60. The molecule has 10 atom stereocenters. The van der Waals surface area contributed by atoms with E-state index in [2.05, 4.69) is 37.6 Å². The van der Waals surface area contributed by atoms with Crippen molar-refractivity contribution in [2.45, 2.75) is 96.8 Å². The van der Waals surface area contributed by atoms with Crippen LogP contribution in [0.5, 0.6) is 0 Å². The lowest BCUT2D eigenvalue weighted by Crippen LogP contribution is -2.64. The number of aromatic nitrogens is 2. The molecule has 2 aliphatic carbocycles. The number of piperidine rings is 2. The molecule has 1 aromatic carbocycles. The van der Waals surface area contributed by atoms with Crippen LogP contribution in [0.15, 0.2) is 33.9 Å². The van der Waals surface area contributed by atoms with E-state index in [0.717, 1.165) is 36.5 Å². The minimum Gasteiger partial charge on any atom is -0.307 e. The molecule has 2 saturated heterocycles. The Kier molecular flexibility index (Phi) is 5.55. The molecule has 0 radical (unpaired) electrons. The Morgan fingerprint density at radius 1 is 0.706 bits per heavy atom. The third-order valence-corrected chi connectivity index (χ3v) is 10.6. The fourth-order valence-corrected chi connectivity index (χ4v) is 8.88. The standard InChI is InChI=1S/C29H41N3O2/c1-16-9-17(2)21-11-20(16)12-22(13-21)31-26-14-23(15-27(31)19(4)10-18(26)3)32-28(33)24-7-5-6-8-25(24)30-29(32)34/h5-8,16-23,26-27H,9-15H2,1-4H3,(H,30,34)/t16-,17+,18-,19+,20+,21-,22?,23?,26+,27-. The minimum atomic E-state index is -0.240. The van der Waals surface area contributed by atoms with Crippen molar-refractivity contribution in [3.63, 3.8) is 0 Å². The van der Waals surface area contributed by atoms with Crippen molar-refractivity contribution in [3.8, 4) is 0 Å². The molecule has 4 bridgehead atoms. The maximum atomic E-state index is 13.4. The van der Waals surface area contributed by atoms with Crippen LogP contribution < -0.4 is 11.2 Å². The second-order valence-corrected chi connectivity index (χ2v) is 12.6. The second-order valence-electron chi connectivity index (χ2n) is 12.6. The molecular weight excluding hydrogens is 422 g/mol. The first-order valence-corrected chi connectivity index (χ1v) is 13.8. The molecule has 2 aromatic rings. The molecule has 4 aliphatic rings. The van der Waals surface area contributed by atoms with Crippen molar-refractivity contribution in [3.05, 3.63) is 45.1 Å². The number of benzene rings is 1. The molecule has 3 heterocycles. The van der Waals surface area contributed by atoms with Gasteiger partial charge < -0.3 is 4.98 Å². The third-order valence-electron chi connectivity index (χ3n) is 10.6. The van der Waals surface area contributed by atoms with Gasteiger partial charge in [-0.1, -0.05) is 39.8 Å². The number of nitrogens with one attached hydrogen (secondary N) is 1. The van der Waals surface area contributed by atoms with Crippen LogP contribution in [0.1, 0.15) is 78.7 Å². The van der Waals surface area contributed by atoms with Gasteiger partial charge in [-0.2, -0.15) is 0 Å². The molecule has 2 unspecified atom stereocenters. The van der Waals surface area contributed by atoms with Crippen LogP contribution >= 0.6 is 0 Å². The van der Waals surface area contributed by atoms with E-state index in [1.165, 1.54) is 32.1 Å². The van der Waals surface area contributed by atoms with Gasteiger partial charge in [-0.15, -0.1) is 0 Å². The van der Waals surface area contributed by atoms with Gasteiger partial charge in [0, 0.05) is 24.2 Å². The van der Waals surface area contributed by atoms with Gasteiger partial charge in [0.1, 0.15) is 0 Å². The fraction of sp³-hybridized carbons (Fsp3) is 0.724. The van der Waals surface area contributed by atoms with E-state index in [-0.39, 0.29) is 17.3 Å². The highest BCUT2D eigenvalue weighted by atomic mass is 16.2. The normalized spacial score (nSPS) is 42.6. The summed E-state index contributed by atoms with van der Waals surface area (Å²) in [6.45, 7) is 9.79. The van der Waals surface area contributed by atoms with E-state index in [1.54, 1.807) is 4.57 Å². The second kappa shape index (κ2) is 8.36. The lowest BCUT2D eigenvalue weighted by molar-refractivity contribution is -0.100. The first-order valence-electron chi connectivity index (χ1n) is 13.8. The van der Waals surface area contributed by atoms with Gasteiger partial charge in [0.05, 0.1) is 10.9 Å². The Labute approximate surface area is 202 Å². The molecule has 4 fully saturated rings. The van der Waals surface area contributed by atoms with Crippen molar-refractivity contribution < 1.29 is 0 Å². The average molecular weight is 464 g/mol. The largest absolute Gasteiger partial charge is 0.329 e. The number of nitrogens with zero attached hydrogens (tertiary/aromatic N) is 2. The molecule has 0 amide bonds. The zero-order chi connectivity index (χ0) is 23.7. The number of para-hydroxylation sites is 1.